The molecule has 0 aromatic heterocycles. The van der Waals surface area contributed by atoms with Crippen molar-refractivity contribution in [3.8, 4) is 0 Å². The summed E-state index contributed by atoms with van der Waals surface area (Å²) in [5, 5.41) is 3.05. The highest BCUT2D eigenvalue weighted by Crippen LogP contribution is 2.40. The molecule has 1 N–H and O–H groups in total. The van der Waals surface area contributed by atoms with Gasteiger partial charge in [-0.2, -0.15) is 0 Å². The molecule has 5 nitrogen and oxygen atoms in total. The third kappa shape index (κ3) is 4.03. The van der Waals surface area contributed by atoms with Crippen LogP contribution in [-0.4, -0.2) is 53.8 Å². The van der Waals surface area contributed by atoms with Crippen LogP contribution in [0.1, 0.15) is 44.6 Å². The molecular weight excluding hydrogens is 338 g/mol. The molecule has 2 atom stereocenters. The Labute approximate surface area is 162 Å². The van der Waals surface area contributed by atoms with Gasteiger partial charge in [-0.1, -0.05) is 37.3 Å². The van der Waals surface area contributed by atoms with Gasteiger partial charge in [-0.25, -0.2) is 0 Å². The lowest BCUT2D eigenvalue weighted by atomic mass is 9.83. The van der Waals surface area contributed by atoms with E-state index in [9.17, 15) is 9.59 Å². The minimum atomic E-state index is -0.382. The first-order valence-electron chi connectivity index (χ1n) is 10.5. The number of likely N-dealkylation sites (tertiary alicyclic amines) is 1. The van der Waals surface area contributed by atoms with Crippen LogP contribution >= 0.6 is 0 Å². The van der Waals surface area contributed by atoms with Crippen LogP contribution in [0.4, 0.5) is 0 Å². The molecule has 3 aliphatic rings. The monoisotopic (exact) mass is 369 g/mol. The molecule has 2 saturated heterocycles. The highest BCUT2D eigenvalue weighted by molar-refractivity contribution is 5.94. The van der Waals surface area contributed by atoms with E-state index in [2.05, 4.69) is 41.4 Å². The third-order valence-corrected chi connectivity index (χ3v) is 6.34. The fourth-order valence-corrected chi connectivity index (χ4v) is 4.68. The number of hydrogen-bond acceptors (Lipinski definition) is 3. The van der Waals surface area contributed by atoms with E-state index in [-0.39, 0.29) is 23.3 Å². The van der Waals surface area contributed by atoms with Crippen LogP contribution in [0.2, 0.25) is 0 Å². The Bertz CT molecular complexity index is 688. The highest BCUT2D eigenvalue weighted by Gasteiger charge is 2.53. The van der Waals surface area contributed by atoms with Crippen molar-refractivity contribution in [3.63, 3.8) is 0 Å². The molecule has 0 bridgehead atoms. The molecule has 1 saturated carbocycles. The second-order valence-electron chi connectivity index (χ2n) is 8.68. The van der Waals surface area contributed by atoms with E-state index in [1.54, 1.807) is 0 Å². The summed E-state index contributed by atoms with van der Waals surface area (Å²) in [7, 11) is 0. The molecule has 2 amide bonds. The van der Waals surface area contributed by atoms with Gasteiger partial charge < -0.3 is 10.2 Å². The van der Waals surface area contributed by atoms with Crippen molar-refractivity contribution in [1.82, 2.24) is 15.1 Å². The molecule has 2 heterocycles. The summed E-state index contributed by atoms with van der Waals surface area (Å²) in [6.07, 6.45) is 4.95. The van der Waals surface area contributed by atoms with Crippen molar-refractivity contribution in [2.45, 2.75) is 51.6 Å². The van der Waals surface area contributed by atoms with E-state index in [0.29, 0.717) is 12.3 Å². The molecular formula is C22H31N3O2. The van der Waals surface area contributed by atoms with Gasteiger partial charge in [0, 0.05) is 26.2 Å². The lowest BCUT2D eigenvalue weighted by molar-refractivity contribution is -0.134. The summed E-state index contributed by atoms with van der Waals surface area (Å²) >= 11 is 0. The van der Waals surface area contributed by atoms with Crippen LogP contribution < -0.4 is 5.32 Å². The van der Waals surface area contributed by atoms with Crippen molar-refractivity contribution in [2.24, 2.45) is 11.3 Å². The Morgan fingerprint density at radius 3 is 2.78 bits per heavy atom. The molecule has 27 heavy (non-hydrogen) atoms. The first-order valence-corrected chi connectivity index (χ1v) is 10.5. The van der Waals surface area contributed by atoms with Crippen molar-refractivity contribution in [2.75, 3.05) is 26.2 Å². The van der Waals surface area contributed by atoms with Crippen molar-refractivity contribution >= 4 is 11.8 Å². The van der Waals surface area contributed by atoms with Gasteiger partial charge in [-0.15, -0.1) is 0 Å². The van der Waals surface area contributed by atoms with Crippen LogP contribution in [0.5, 0.6) is 0 Å². The first-order chi connectivity index (χ1) is 13.1. The number of hydrogen-bond donors (Lipinski definition) is 1. The predicted molar refractivity (Wildman–Crippen MR) is 105 cm³/mol. The van der Waals surface area contributed by atoms with Gasteiger partial charge in [0.05, 0.1) is 5.41 Å². The SMILES string of the molecule is CCCN(CC1CC1)C(=O)[C@@H]1C[C@]2(CCN(Cc3ccccc3)C2)C(=O)N1. The fourth-order valence-electron chi connectivity index (χ4n) is 4.68. The van der Waals surface area contributed by atoms with Gasteiger partial charge in [0.15, 0.2) is 0 Å². The Kier molecular flexibility index (Phi) is 5.22. The van der Waals surface area contributed by atoms with E-state index in [1.165, 1.54) is 18.4 Å². The lowest BCUT2D eigenvalue weighted by Crippen LogP contribution is -2.45. The van der Waals surface area contributed by atoms with E-state index in [0.717, 1.165) is 45.6 Å². The summed E-state index contributed by atoms with van der Waals surface area (Å²) in [6.45, 7) is 6.33. The van der Waals surface area contributed by atoms with Gasteiger partial charge in [-0.3, -0.25) is 14.5 Å². The maximum atomic E-state index is 13.1. The molecule has 2 aliphatic heterocycles. The van der Waals surface area contributed by atoms with E-state index in [1.807, 2.05) is 11.0 Å². The average molecular weight is 370 g/mol. The molecule has 1 aliphatic carbocycles. The highest BCUT2D eigenvalue weighted by atomic mass is 16.2. The number of amides is 2. The average Bonchev–Trinajstić information content (AvgIpc) is 3.31. The van der Waals surface area contributed by atoms with Gasteiger partial charge in [-0.05, 0) is 50.1 Å². The Morgan fingerprint density at radius 1 is 1.30 bits per heavy atom. The molecule has 4 rings (SSSR count). The molecule has 1 spiro atoms. The van der Waals surface area contributed by atoms with E-state index in [4.69, 9.17) is 0 Å². The minimum absolute atomic E-state index is 0.0827. The number of rotatable bonds is 7. The van der Waals surface area contributed by atoms with Crippen LogP contribution in [0.3, 0.4) is 0 Å². The zero-order valence-electron chi connectivity index (χ0n) is 16.3. The molecule has 1 aromatic carbocycles. The number of carbonyl (C=O) groups excluding carboxylic acids is 2. The smallest absolute Gasteiger partial charge is 0.245 e. The van der Waals surface area contributed by atoms with Gasteiger partial charge >= 0.3 is 0 Å². The van der Waals surface area contributed by atoms with Gasteiger partial charge in [0.1, 0.15) is 6.04 Å². The number of benzene rings is 1. The van der Waals surface area contributed by atoms with Gasteiger partial charge in [0.25, 0.3) is 0 Å². The van der Waals surface area contributed by atoms with Crippen LogP contribution in [0, 0.1) is 11.3 Å². The van der Waals surface area contributed by atoms with Crippen LogP contribution in [0.15, 0.2) is 30.3 Å². The van der Waals surface area contributed by atoms with Crippen LogP contribution in [-0.2, 0) is 16.1 Å². The fraction of sp³-hybridized carbons (Fsp3) is 0.636. The Hall–Kier alpha value is -1.88. The number of nitrogens with zero attached hydrogens (tertiary/aromatic N) is 2. The summed E-state index contributed by atoms with van der Waals surface area (Å²) in [6, 6.07) is 10.1. The van der Waals surface area contributed by atoms with E-state index >= 15 is 0 Å². The predicted octanol–water partition coefficient (Wildman–Crippen LogP) is 2.42. The molecule has 1 aromatic rings. The van der Waals surface area contributed by atoms with Crippen molar-refractivity contribution < 1.29 is 9.59 Å². The molecule has 0 radical (unpaired) electrons. The standard InChI is InChI=1S/C22H31N3O2/c1-2-11-25(15-18-8-9-18)20(26)19-13-22(21(27)23-19)10-12-24(16-22)14-17-6-4-3-5-7-17/h3-7,18-19H,2,8-16H2,1H3,(H,23,27)/t19-,22-/m0/s1. The summed E-state index contributed by atoms with van der Waals surface area (Å²) in [5.74, 6) is 0.897. The first kappa shape index (κ1) is 18.5. The minimum Gasteiger partial charge on any atom is -0.344 e. The number of carbonyl (C=O) groups is 2. The molecule has 0 unspecified atom stereocenters. The maximum Gasteiger partial charge on any atom is 0.245 e. The Balaban J connectivity index is 1.38. The third-order valence-electron chi connectivity index (χ3n) is 6.34. The topological polar surface area (TPSA) is 52.7 Å². The summed E-state index contributed by atoms with van der Waals surface area (Å²) in [5.41, 5.74) is 0.895. The van der Waals surface area contributed by atoms with Crippen LogP contribution in [0.25, 0.3) is 0 Å². The molecule has 146 valence electrons. The largest absolute Gasteiger partial charge is 0.344 e. The lowest BCUT2D eigenvalue weighted by Gasteiger charge is -2.26. The van der Waals surface area contributed by atoms with E-state index < -0.39 is 0 Å². The van der Waals surface area contributed by atoms with Gasteiger partial charge in [0.2, 0.25) is 11.8 Å². The van der Waals surface area contributed by atoms with Crippen molar-refractivity contribution in [3.05, 3.63) is 35.9 Å². The Morgan fingerprint density at radius 2 is 2.07 bits per heavy atom. The second-order valence-corrected chi connectivity index (χ2v) is 8.68. The zero-order chi connectivity index (χ0) is 18.9. The zero-order valence-corrected chi connectivity index (χ0v) is 16.3. The normalized spacial score (nSPS) is 27.9. The molecule has 5 heteroatoms. The maximum absolute atomic E-state index is 13.1. The van der Waals surface area contributed by atoms with Crippen molar-refractivity contribution in [1.29, 1.82) is 0 Å². The summed E-state index contributed by atoms with van der Waals surface area (Å²) < 4.78 is 0. The number of nitrogens with one attached hydrogen (secondary N) is 1. The second kappa shape index (κ2) is 7.63. The quantitative estimate of drug-likeness (QED) is 0.803. The summed E-state index contributed by atoms with van der Waals surface area (Å²) in [4.78, 5) is 30.2. The molecule has 3 fully saturated rings.